The van der Waals surface area contributed by atoms with Crippen LogP contribution in [0, 0.1) is 6.92 Å². The molecule has 0 aliphatic heterocycles. The van der Waals surface area contributed by atoms with Crippen LogP contribution in [-0.2, 0) is 56.5 Å². The van der Waals surface area contributed by atoms with Gasteiger partial charge in [-0.15, -0.1) is 11.8 Å². The molecule has 0 N–H and O–H groups in total. The van der Waals surface area contributed by atoms with Crippen molar-refractivity contribution in [3.8, 4) is 23.0 Å². The third-order valence-corrected chi connectivity index (χ3v) is 15.8. The number of thioether (sulfide) groups is 2. The number of carbonyl (C=O) groups is 3. The van der Waals surface area contributed by atoms with Gasteiger partial charge in [-0.2, -0.15) is 21.4 Å². The summed E-state index contributed by atoms with van der Waals surface area (Å²) in [6, 6.07) is 35.7. The lowest BCUT2D eigenvalue weighted by Crippen LogP contribution is -2.39. The lowest BCUT2D eigenvalue weighted by atomic mass is 9.84. The Labute approximate surface area is 480 Å². The number of methoxy groups -OCH3 is 6. The largest absolute Gasteiger partial charge is 0.497 e. The molecule has 0 aliphatic carbocycles. The summed E-state index contributed by atoms with van der Waals surface area (Å²) in [6.45, 7) is 17.4. The number of ether oxygens (including phenoxy) is 6. The van der Waals surface area contributed by atoms with E-state index in [1.807, 2.05) is 122 Å². The van der Waals surface area contributed by atoms with E-state index in [9.17, 15) is 14.4 Å². The van der Waals surface area contributed by atoms with Crippen molar-refractivity contribution in [3.63, 3.8) is 0 Å². The van der Waals surface area contributed by atoms with Gasteiger partial charge in [-0.25, -0.2) is 0 Å². The second-order valence-electron chi connectivity index (χ2n) is 15.8. The maximum absolute atomic E-state index is 13.7. The van der Waals surface area contributed by atoms with E-state index < -0.39 is 16.6 Å². The highest BCUT2D eigenvalue weighted by atomic mass is 35.5. The molecule has 76 heavy (non-hydrogen) atoms. The Morgan fingerprint density at radius 1 is 0.592 bits per heavy atom. The van der Waals surface area contributed by atoms with Crippen LogP contribution in [0.4, 0.5) is 0 Å². The van der Waals surface area contributed by atoms with Gasteiger partial charge in [-0.3, -0.25) is 14.4 Å². The van der Waals surface area contributed by atoms with Gasteiger partial charge in [0, 0.05) is 40.0 Å². The van der Waals surface area contributed by atoms with Gasteiger partial charge in [-0.1, -0.05) is 141 Å². The zero-order valence-corrected chi connectivity index (χ0v) is 51.8. The quantitative estimate of drug-likeness (QED) is 0.0298. The van der Waals surface area contributed by atoms with Crippen LogP contribution in [0.3, 0.4) is 0 Å². The van der Waals surface area contributed by atoms with Gasteiger partial charge in [0.15, 0.2) is 5.78 Å². The van der Waals surface area contributed by atoms with Gasteiger partial charge in [0.25, 0.3) is 0 Å². The lowest BCUT2D eigenvalue weighted by molar-refractivity contribution is -0.191. The summed E-state index contributed by atoms with van der Waals surface area (Å²) in [7, 11) is 13.1. The van der Waals surface area contributed by atoms with E-state index in [0.717, 1.165) is 45.8 Å². The number of halogens is 2. The van der Waals surface area contributed by atoms with Gasteiger partial charge in [0.1, 0.15) is 28.9 Å². The Bertz CT molecular complexity index is 2280. The highest BCUT2D eigenvalue weighted by molar-refractivity contribution is 8.76. The number of hydrogen-bond acceptors (Lipinski definition) is 15. The minimum absolute atomic E-state index is 0.234. The molecule has 0 heterocycles. The molecule has 0 fully saturated rings. The average Bonchev–Trinajstić information content (AvgIpc) is 3.44. The number of esters is 2. The van der Waals surface area contributed by atoms with Gasteiger partial charge < -0.3 is 28.4 Å². The maximum Gasteiger partial charge on any atom is 0.373 e. The number of aryl methyl sites for hydroxylation is 1. The second-order valence-corrected chi connectivity index (χ2v) is 21.7. The molecule has 5 aromatic carbocycles. The fourth-order valence-corrected chi connectivity index (χ4v) is 10.7. The monoisotopic (exact) mass is 1160 g/mol. The first-order valence-corrected chi connectivity index (χ1v) is 29.9. The summed E-state index contributed by atoms with van der Waals surface area (Å²) in [4.78, 5) is 52.2. The summed E-state index contributed by atoms with van der Waals surface area (Å²) in [6.07, 6.45) is 3.30. The molecule has 17 heteroatoms. The molecule has 0 spiro atoms. The van der Waals surface area contributed by atoms with Crippen molar-refractivity contribution in [1.29, 1.82) is 0 Å². The predicted octanol–water partition coefficient (Wildman–Crippen LogP) is 16.4. The van der Waals surface area contributed by atoms with E-state index in [0.29, 0.717) is 28.3 Å². The van der Waals surface area contributed by atoms with Crippen LogP contribution in [0.2, 0.25) is 10.0 Å². The summed E-state index contributed by atoms with van der Waals surface area (Å²) < 4.78 is 28.9. The summed E-state index contributed by atoms with van der Waals surface area (Å²) in [5, 5.41) is 0.729. The molecule has 2 atom stereocenters. The van der Waals surface area contributed by atoms with Crippen molar-refractivity contribution in [2.75, 3.05) is 48.4 Å². The van der Waals surface area contributed by atoms with Crippen LogP contribution in [0.1, 0.15) is 114 Å². The molecule has 5 aromatic rings. The van der Waals surface area contributed by atoms with Crippen LogP contribution in [0.5, 0.6) is 23.0 Å². The van der Waals surface area contributed by atoms with Gasteiger partial charge >= 0.3 is 18.1 Å². The summed E-state index contributed by atoms with van der Waals surface area (Å²) in [5.41, 5.74) is 6.19. The first-order chi connectivity index (χ1) is 36.4. The van der Waals surface area contributed by atoms with Gasteiger partial charge in [0.05, 0.1) is 47.4 Å². The Kier molecular flexibility index (Phi) is 43.7. The topological polar surface area (TPSA) is 141 Å². The normalized spacial score (nSPS) is 10.8. The number of ketones is 1. The SMILES string of the molecule is CC.CCC.CCC(C)(SCc1ccc(OC)cc1)C(=O)C(C(=O)OC)c1c(C)cc(Cl)cc1Cl.CCCSCc1ccc(OC)cc1.COC(C)=O.COc1ccc(CSSCc2ccc(OC)cc2)cc1.O=C=O. The molecule has 0 amide bonds. The lowest BCUT2D eigenvalue weighted by Gasteiger charge is -2.30. The minimum atomic E-state index is -1.12. The van der Waals surface area contributed by atoms with Crippen molar-refractivity contribution >= 4 is 92.2 Å². The number of carbonyl (C=O) groups excluding carboxylic acids is 5. The van der Waals surface area contributed by atoms with Crippen LogP contribution in [-0.4, -0.2) is 77.0 Å². The second kappa shape index (κ2) is 45.3. The molecule has 420 valence electrons. The zero-order valence-electron chi connectivity index (χ0n) is 47.0. The van der Waals surface area contributed by atoms with Crippen LogP contribution >= 0.6 is 68.3 Å². The van der Waals surface area contributed by atoms with Crippen LogP contribution in [0.15, 0.2) is 109 Å². The van der Waals surface area contributed by atoms with Crippen molar-refractivity contribution in [1.82, 2.24) is 0 Å². The minimum Gasteiger partial charge on any atom is -0.497 e. The van der Waals surface area contributed by atoms with E-state index in [1.165, 1.54) is 68.2 Å². The van der Waals surface area contributed by atoms with Gasteiger partial charge in [-0.05, 0) is 126 Å². The van der Waals surface area contributed by atoms with Crippen LogP contribution < -0.4 is 18.9 Å². The van der Waals surface area contributed by atoms with E-state index in [-0.39, 0.29) is 22.9 Å². The Morgan fingerprint density at radius 2 is 0.934 bits per heavy atom. The Balaban J connectivity index is 0. The molecule has 0 radical (unpaired) electrons. The molecule has 5 rings (SSSR count). The molecular formula is C59H80Cl2O11S4. The molecule has 0 saturated heterocycles. The molecule has 0 saturated carbocycles. The van der Waals surface area contributed by atoms with E-state index in [1.54, 1.807) is 47.5 Å². The molecule has 0 bridgehead atoms. The number of Topliss-reactive ketones (excluding diaryl/α,β-unsaturated/α-hetero) is 1. The molecule has 11 nitrogen and oxygen atoms in total. The first-order valence-electron chi connectivity index (χ1n) is 24.5. The number of benzene rings is 5. The van der Waals surface area contributed by atoms with Crippen LogP contribution in [0.25, 0.3) is 0 Å². The van der Waals surface area contributed by atoms with Gasteiger partial charge in [0.2, 0.25) is 0 Å². The van der Waals surface area contributed by atoms with E-state index in [2.05, 4.69) is 61.9 Å². The van der Waals surface area contributed by atoms with Crippen molar-refractivity contribution in [2.24, 2.45) is 0 Å². The zero-order chi connectivity index (χ0) is 57.9. The van der Waals surface area contributed by atoms with E-state index >= 15 is 0 Å². The third kappa shape index (κ3) is 30.9. The average molecular weight is 1160 g/mol. The molecular weight excluding hydrogens is 1080 g/mol. The number of rotatable bonds is 21. The smallest absolute Gasteiger partial charge is 0.373 e. The molecule has 2 unspecified atom stereocenters. The van der Waals surface area contributed by atoms with Crippen molar-refractivity contribution in [2.45, 2.75) is 115 Å². The highest BCUT2D eigenvalue weighted by Crippen LogP contribution is 2.41. The highest BCUT2D eigenvalue weighted by Gasteiger charge is 2.43. The first kappa shape index (κ1) is 73.3. The number of hydrogen-bond donors (Lipinski definition) is 0. The summed E-state index contributed by atoms with van der Waals surface area (Å²) >= 11 is 16.0. The Morgan fingerprint density at radius 3 is 1.22 bits per heavy atom. The fraction of sp³-hybridized carbons (Fsp3) is 0.424. The Hall–Kier alpha value is -4.73. The third-order valence-electron chi connectivity index (χ3n) is 10.1. The standard InChI is InChI=1S/C23H26Cl2O4S.C16H18O2S2.C11H16OS.C3H6O2.C3H8.C2H6.CO2/c1-6-23(3,30-13-15-7-9-17(28-4)10-8-15)21(26)20(22(27)29-5)19-14(2)11-16(24)12-18(19)25;1-17-15-7-3-13(4-8-15)11-19-20-12-14-5-9-16(18-2)10-6-14;1-3-8-13-9-10-4-6-11(12-2)7-5-10;1-3(4)5-2;1-3-2;1-2;2-1-3/h7-12,20H,6,13H2,1-5H3;3-10H,11-12H2,1-2H3;4-7H,3,8-9H2,1-2H3;1-2H3;3H2,1-2H3;1-2H3;. The van der Waals surface area contributed by atoms with Crippen molar-refractivity contribution in [3.05, 3.63) is 153 Å². The molecule has 0 aromatic heterocycles. The van der Waals surface area contributed by atoms with Crippen molar-refractivity contribution < 1.29 is 52.4 Å². The maximum atomic E-state index is 13.7. The predicted molar refractivity (Wildman–Crippen MR) is 322 cm³/mol. The van der Waals surface area contributed by atoms with E-state index in [4.69, 9.17) is 56.5 Å². The molecule has 0 aliphatic rings. The summed E-state index contributed by atoms with van der Waals surface area (Å²) in [5.74, 6) is 6.27. The fourth-order valence-electron chi connectivity index (χ4n) is 5.89.